The van der Waals surface area contributed by atoms with Gasteiger partial charge in [0.1, 0.15) is 5.15 Å². The van der Waals surface area contributed by atoms with Gasteiger partial charge in [-0.05, 0) is 35.9 Å². The van der Waals surface area contributed by atoms with E-state index in [1.165, 1.54) is 36.5 Å². The molecule has 1 aromatic carbocycles. The minimum absolute atomic E-state index is 0.226. The zero-order valence-corrected chi connectivity index (χ0v) is 13.1. The number of aromatic nitrogens is 1. The molecule has 132 valence electrons. The SMILES string of the molecule is O=C(/C=C/c1ccc(OC(F)F)c(OC(F)F)c1)c1ccc(Cl)nc1. The van der Waals surface area contributed by atoms with E-state index in [1.54, 1.807) is 0 Å². The van der Waals surface area contributed by atoms with Crippen molar-refractivity contribution >= 4 is 23.5 Å². The van der Waals surface area contributed by atoms with Crippen LogP contribution in [0.15, 0.2) is 42.6 Å². The zero-order valence-electron chi connectivity index (χ0n) is 12.3. The van der Waals surface area contributed by atoms with Crippen molar-refractivity contribution in [3.05, 3.63) is 58.9 Å². The predicted molar refractivity (Wildman–Crippen MR) is 82.3 cm³/mol. The molecule has 0 saturated carbocycles. The molecule has 0 fully saturated rings. The summed E-state index contributed by atoms with van der Waals surface area (Å²) in [7, 11) is 0. The normalized spacial score (nSPS) is 11.3. The summed E-state index contributed by atoms with van der Waals surface area (Å²) in [4.78, 5) is 15.7. The minimum Gasteiger partial charge on any atom is -0.431 e. The molecule has 25 heavy (non-hydrogen) atoms. The smallest absolute Gasteiger partial charge is 0.387 e. The molecule has 0 amide bonds. The van der Waals surface area contributed by atoms with Gasteiger partial charge in [-0.15, -0.1) is 0 Å². The van der Waals surface area contributed by atoms with E-state index in [0.717, 1.165) is 12.1 Å². The molecule has 1 aromatic heterocycles. The Labute approximate surface area is 144 Å². The van der Waals surface area contributed by atoms with Crippen LogP contribution in [0.2, 0.25) is 5.15 Å². The van der Waals surface area contributed by atoms with Crippen LogP contribution < -0.4 is 9.47 Å². The van der Waals surface area contributed by atoms with E-state index in [2.05, 4.69) is 14.5 Å². The van der Waals surface area contributed by atoms with Crippen molar-refractivity contribution in [3.63, 3.8) is 0 Å². The summed E-state index contributed by atoms with van der Waals surface area (Å²) >= 11 is 5.62. The highest BCUT2D eigenvalue weighted by atomic mass is 35.5. The maximum absolute atomic E-state index is 12.4. The van der Waals surface area contributed by atoms with Crippen LogP contribution in [0.4, 0.5) is 17.6 Å². The molecule has 0 spiro atoms. The lowest BCUT2D eigenvalue weighted by Gasteiger charge is -2.12. The number of halogens is 5. The highest BCUT2D eigenvalue weighted by Gasteiger charge is 2.15. The van der Waals surface area contributed by atoms with Gasteiger partial charge in [0.25, 0.3) is 0 Å². The van der Waals surface area contributed by atoms with Gasteiger partial charge < -0.3 is 9.47 Å². The predicted octanol–water partition coefficient (Wildman–Crippen LogP) is 4.83. The molecule has 2 rings (SSSR count). The van der Waals surface area contributed by atoms with Gasteiger partial charge in [0, 0.05) is 11.8 Å². The second-order valence-electron chi connectivity index (χ2n) is 4.53. The Morgan fingerprint density at radius 2 is 1.72 bits per heavy atom. The first kappa shape index (κ1) is 18.7. The first-order chi connectivity index (χ1) is 11.8. The molecule has 0 radical (unpaired) electrons. The minimum atomic E-state index is -3.22. The largest absolute Gasteiger partial charge is 0.431 e. The fourth-order valence-corrected chi connectivity index (χ4v) is 1.91. The molecule has 0 bridgehead atoms. The third-order valence-corrected chi connectivity index (χ3v) is 3.06. The van der Waals surface area contributed by atoms with Gasteiger partial charge in [-0.1, -0.05) is 23.7 Å². The Hall–Kier alpha value is -2.61. The summed E-state index contributed by atoms with van der Waals surface area (Å²) in [5.74, 6) is -1.52. The number of nitrogens with zero attached hydrogens (tertiary/aromatic N) is 1. The van der Waals surface area contributed by atoms with Crippen LogP contribution in [0.5, 0.6) is 11.5 Å². The fraction of sp³-hybridized carbons (Fsp3) is 0.125. The number of ether oxygens (including phenoxy) is 2. The molecule has 0 N–H and O–H groups in total. The standard InChI is InChI=1S/C16H10ClF4NO3/c17-14-6-3-10(8-22-14)11(23)4-1-9-2-5-12(24-15(18)19)13(7-9)25-16(20)21/h1-8,15-16H/b4-1+. The second kappa shape index (κ2) is 8.48. The lowest BCUT2D eigenvalue weighted by Crippen LogP contribution is -2.07. The molecular weight excluding hydrogens is 366 g/mol. The van der Waals surface area contributed by atoms with Crippen LogP contribution in [-0.2, 0) is 0 Å². The Bertz CT molecular complexity index is 766. The second-order valence-corrected chi connectivity index (χ2v) is 4.92. The van der Waals surface area contributed by atoms with Gasteiger partial charge >= 0.3 is 13.2 Å². The number of rotatable bonds is 7. The van der Waals surface area contributed by atoms with Crippen molar-refractivity contribution in [2.45, 2.75) is 13.2 Å². The molecule has 4 nitrogen and oxygen atoms in total. The third kappa shape index (κ3) is 5.75. The Morgan fingerprint density at radius 1 is 1.04 bits per heavy atom. The maximum atomic E-state index is 12.4. The van der Waals surface area contributed by atoms with E-state index in [4.69, 9.17) is 11.6 Å². The molecule has 0 aliphatic heterocycles. The summed E-state index contributed by atoms with van der Waals surface area (Å²) in [6.45, 7) is -6.42. The van der Waals surface area contributed by atoms with Crippen LogP contribution in [0.25, 0.3) is 6.08 Å². The van der Waals surface area contributed by atoms with E-state index in [9.17, 15) is 22.4 Å². The van der Waals surface area contributed by atoms with Crippen LogP contribution in [0.1, 0.15) is 15.9 Å². The molecule has 0 aliphatic carbocycles. The number of benzene rings is 1. The van der Waals surface area contributed by atoms with Gasteiger partial charge in [0.15, 0.2) is 17.3 Å². The lowest BCUT2D eigenvalue weighted by atomic mass is 10.1. The highest BCUT2D eigenvalue weighted by Crippen LogP contribution is 2.31. The number of alkyl halides is 4. The van der Waals surface area contributed by atoms with Crippen molar-refractivity contribution < 1.29 is 31.8 Å². The molecule has 0 atom stereocenters. The number of hydrogen-bond acceptors (Lipinski definition) is 4. The van der Waals surface area contributed by atoms with Crippen molar-refractivity contribution in [1.82, 2.24) is 4.98 Å². The van der Waals surface area contributed by atoms with E-state index < -0.39 is 30.5 Å². The molecule has 9 heteroatoms. The summed E-state index contributed by atoms with van der Waals surface area (Å²) in [5, 5.41) is 0.226. The van der Waals surface area contributed by atoms with Gasteiger partial charge in [0.2, 0.25) is 0 Å². The zero-order chi connectivity index (χ0) is 18.4. The first-order valence-corrected chi connectivity index (χ1v) is 7.10. The average molecular weight is 376 g/mol. The number of carbonyl (C=O) groups excluding carboxylic acids is 1. The van der Waals surface area contributed by atoms with E-state index in [-0.39, 0.29) is 16.3 Å². The monoisotopic (exact) mass is 375 g/mol. The van der Waals surface area contributed by atoms with E-state index in [1.807, 2.05) is 0 Å². The quantitative estimate of drug-likeness (QED) is 0.301. The van der Waals surface area contributed by atoms with E-state index >= 15 is 0 Å². The van der Waals surface area contributed by atoms with E-state index in [0.29, 0.717) is 0 Å². The molecule has 2 aromatic rings. The van der Waals surface area contributed by atoms with Crippen LogP contribution in [0, 0.1) is 0 Å². The van der Waals surface area contributed by atoms with Crippen molar-refractivity contribution in [3.8, 4) is 11.5 Å². The Morgan fingerprint density at radius 3 is 2.32 bits per heavy atom. The first-order valence-electron chi connectivity index (χ1n) is 6.73. The van der Waals surface area contributed by atoms with Gasteiger partial charge in [0.05, 0.1) is 0 Å². The Kier molecular flexibility index (Phi) is 6.35. The number of allylic oxidation sites excluding steroid dienone is 1. The third-order valence-electron chi connectivity index (χ3n) is 2.84. The van der Waals surface area contributed by atoms with Gasteiger partial charge in [-0.3, -0.25) is 4.79 Å². The van der Waals surface area contributed by atoms with Crippen LogP contribution >= 0.6 is 11.6 Å². The molecule has 0 saturated heterocycles. The molecule has 1 heterocycles. The molecule has 0 aliphatic rings. The number of carbonyl (C=O) groups is 1. The molecule has 0 unspecified atom stereocenters. The fourth-order valence-electron chi connectivity index (χ4n) is 1.80. The van der Waals surface area contributed by atoms with Crippen molar-refractivity contribution in [2.75, 3.05) is 0 Å². The van der Waals surface area contributed by atoms with Crippen molar-refractivity contribution in [2.24, 2.45) is 0 Å². The maximum Gasteiger partial charge on any atom is 0.387 e. The molecular formula is C16H10ClF4NO3. The number of ketones is 1. The van der Waals surface area contributed by atoms with Crippen molar-refractivity contribution in [1.29, 1.82) is 0 Å². The Balaban J connectivity index is 2.20. The van der Waals surface area contributed by atoms with Gasteiger partial charge in [-0.25, -0.2) is 4.98 Å². The number of hydrogen-bond donors (Lipinski definition) is 0. The van der Waals surface area contributed by atoms with Gasteiger partial charge in [-0.2, -0.15) is 17.6 Å². The summed E-state index contributed by atoms with van der Waals surface area (Å²) in [5.41, 5.74) is 0.537. The summed E-state index contributed by atoms with van der Waals surface area (Å²) in [6, 6.07) is 6.30. The summed E-state index contributed by atoms with van der Waals surface area (Å²) in [6.07, 6.45) is 3.75. The summed E-state index contributed by atoms with van der Waals surface area (Å²) < 4.78 is 57.6. The van der Waals surface area contributed by atoms with Crippen LogP contribution in [-0.4, -0.2) is 24.0 Å². The van der Waals surface area contributed by atoms with Crippen LogP contribution in [0.3, 0.4) is 0 Å². The number of pyridine rings is 1. The topological polar surface area (TPSA) is 48.4 Å². The lowest BCUT2D eigenvalue weighted by molar-refractivity contribution is -0.0692. The highest BCUT2D eigenvalue weighted by molar-refractivity contribution is 6.29. The average Bonchev–Trinajstić information content (AvgIpc) is 2.54.